The Bertz CT molecular complexity index is 1770. The number of benzene rings is 3. The number of ether oxygens (including phenoxy) is 1. The molecular weight excluding hydrogens is 692 g/mol. The molecular formula is C34H28Br2N2O6. The summed E-state index contributed by atoms with van der Waals surface area (Å²) in [5, 5.41) is 11.5. The van der Waals surface area contributed by atoms with E-state index in [9.17, 15) is 24.3 Å². The summed E-state index contributed by atoms with van der Waals surface area (Å²) in [6, 6.07) is 19.2. The number of phenolic OH excluding ortho intramolecular Hbond substituents is 1. The fourth-order valence-corrected chi connectivity index (χ4v) is 8.72. The van der Waals surface area contributed by atoms with Gasteiger partial charge in [0.15, 0.2) is 11.5 Å². The molecule has 10 heteroatoms. The normalized spacial score (nSPS) is 29.4. The maximum atomic E-state index is 14.5. The molecule has 4 amide bonds. The molecule has 3 aromatic carbocycles. The summed E-state index contributed by atoms with van der Waals surface area (Å²) >= 11 is 6.94. The van der Waals surface area contributed by atoms with Gasteiger partial charge in [0.2, 0.25) is 23.6 Å². The Hall–Kier alpha value is -3.76. The van der Waals surface area contributed by atoms with Crippen molar-refractivity contribution in [3.8, 4) is 11.5 Å². The lowest BCUT2D eigenvalue weighted by atomic mass is 9.51. The van der Waals surface area contributed by atoms with Crippen LogP contribution in [0, 0.1) is 29.1 Å². The van der Waals surface area contributed by atoms with Gasteiger partial charge in [-0.2, -0.15) is 0 Å². The summed E-state index contributed by atoms with van der Waals surface area (Å²) in [7, 11) is 1.45. The molecule has 7 rings (SSSR count). The molecule has 2 saturated heterocycles. The minimum absolute atomic E-state index is 0.131. The van der Waals surface area contributed by atoms with Crippen molar-refractivity contribution in [3.63, 3.8) is 0 Å². The molecule has 1 saturated carbocycles. The van der Waals surface area contributed by atoms with Gasteiger partial charge in [0.05, 0.1) is 41.7 Å². The van der Waals surface area contributed by atoms with Crippen LogP contribution in [0.3, 0.4) is 0 Å². The zero-order valence-corrected chi connectivity index (χ0v) is 27.0. The first-order valence-corrected chi connectivity index (χ1v) is 16.0. The van der Waals surface area contributed by atoms with Crippen molar-refractivity contribution in [2.24, 2.45) is 29.1 Å². The molecule has 0 unspecified atom stereocenters. The number of carbonyl (C=O) groups excluding carboxylic acids is 4. The lowest BCUT2D eigenvalue weighted by molar-refractivity contribution is -0.131. The highest BCUT2D eigenvalue weighted by Crippen LogP contribution is 2.65. The third-order valence-corrected chi connectivity index (χ3v) is 11.0. The molecule has 6 atom stereocenters. The summed E-state index contributed by atoms with van der Waals surface area (Å²) in [6.45, 7) is 1.79. The standard InChI is InChI=1S/C34H28Br2N2O6/c1-34-25(31(41)38(33(34)43)19-6-4-3-5-7-19)16-23-21(28(34)24-14-18(36)15-26(44-2)29(24)39)12-13-22-27(23)32(42)37(30(22)40)20-10-8-17(35)9-11-20/h3-12,14-15,22-23,25,27-28,39H,13,16H2,1-2H3/t22-,23+,25-,27-,28+,34+/m0/s1. The molecule has 2 aliphatic carbocycles. The third kappa shape index (κ3) is 3.99. The van der Waals surface area contributed by atoms with Gasteiger partial charge in [0, 0.05) is 20.4 Å². The van der Waals surface area contributed by atoms with Gasteiger partial charge in [-0.25, -0.2) is 4.90 Å². The van der Waals surface area contributed by atoms with Crippen molar-refractivity contribution in [1.29, 1.82) is 0 Å². The lowest BCUT2D eigenvalue weighted by Gasteiger charge is -2.49. The Labute approximate surface area is 270 Å². The van der Waals surface area contributed by atoms with E-state index >= 15 is 0 Å². The topological polar surface area (TPSA) is 104 Å². The van der Waals surface area contributed by atoms with Crippen molar-refractivity contribution in [1.82, 2.24) is 0 Å². The number of methoxy groups -OCH3 is 1. The fourth-order valence-electron chi connectivity index (χ4n) is 8.00. The highest BCUT2D eigenvalue weighted by atomic mass is 79.9. The number of halogens is 2. The van der Waals surface area contributed by atoms with Crippen LogP contribution >= 0.6 is 31.9 Å². The van der Waals surface area contributed by atoms with Crippen molar-refractivity contribution in [3.05, 3.63) is 92.9 Å². The van der Waals surface area contributed by atoms with Crippen LogP contribution in [0.2, 0.25) is 0 Å². The fraction of sp³-hybridized carbons (Fsp3) is 0.294. The molecule has 2 heterocycles. The number of fused-ring (bicyclic) bond motifs is 4. The molecule has 0 spiro atoms. The number of hydrogen-bond donors (Lipinski definition) is 1. The minimum atomic E-state index is -1.28. The molecule has 3 fully saturated rings. The van der Waals surface area contributed by atoms with Crippen LogP contribution < -0.4 is 14.5 Å². The summed E-state index contributed by atoms with van der Waals surface area (Å²) in [5.41, 5.74) is 0.901. The second-order valence-electron chi connectivity index (χ2n) is 12.0. The van der Waals surface area contributed by atoms with Crippen molar-refractivity contribution in [2.45, 2.75) is 25.7 Å². The van der Waals surface area contributed by atoms with E-state index in [-0.39, 0.29) is 41.5 Å². The molecule has 1 N–H and O–H groups in total. The number of nitrogens with zero attached hydrogens (tertiary/aromatic N) is 2. The Kier molecular flexibility index (Phi) is 6.86. The van der Waals surface area contributed by atoms with Crippen LogP contribution in [-0.2, 0) is 19.2 Å². The van der Waals surface area contributed by atoms with Crippen LogP contribution in [-0.4, -0.2) is 35.8 Å². The van der Waals surface area contributed by atoms with Gasteiger partial charge in [-0.05, 0) is 74.2 Å². The Morgan fingerprint density at radius 3 is 2.20 bits per heavy atom. The molecule has 3 aromatic rings. The number of amides is 4. The molecule has 0 radical (unpaired) electrons. The van der Waals surface area contributed by atoms with Gasteiger partial charge in [-0.3, -0.25) is 24.1 Å². The summed E-state index contributed by atoms with van der Waals surface area (Å²) in [5.74, 6) is -4.55. The average Bonchev–Trinajstić information content (AvgIpc) is 3.38. The van der Waals surface area contributed by atoms with Gasteiger partial charge in [0.25, 0.3) is 0 Å². The van der Waals surface area contributed by atoms with E-state index in [1.807, 2.05) is 12.1 Å². The number of carbonyl (C=O) groups is 4. The van der Waals surface area contributed by atoms with Crippen molar-refractivity contribution >= 4 is 66.9 Å². The van der Waals surface area contributed by atoms with Gasteiger partial charge in [0.1, 0.15) is 0 Å². The largest absolute Gasteiger partial charge is 0.504 e. The van der Waals surface area contributed by atoms with E-state index in [4.69, 9.17) is 4.74 Å². The van der Waals surface area contributed by atoms with Crippen LogP contribution in [0.15, 0.2) is 87.3 Å². The number of rotatable bonds is 4. The smallest absolute Gasteiger partial charge is 0.241 e. The Morgan fingerprint density at radius 2 is 1.52 bits per heavy atom. The number of anilines is 2. The summed E-state index contributed by atoms with van der Waals surface area (Å²) in [6.07, 6.45) is 2.50. The first-order chi connectivity index (χ1) is 21.1. The number of allylic oxidation sites excluding steroid dienone is 2. The van der Waals surface area contributed by atoms with E-state index in [1.165, 1.54) is 16.9 Å². The minimum Gasteiger partial charge on any atom is -0.504 e. The average molecular weight is 720 g/mol. The van der Waals surface area contributed by atoms with E-state index < -0.39 is 35.0 Å². The maximum Gasteiger partial charge on any atom is 0.241 e. The first kappa shape index (κ1) is 29.0. The first-order valence-electron chi connectivity index (χ1n) is 14.4. The molecule has 44 heavy (non-hydrogen) atoms. The van der Waals surface area contributed by atoms with Crippen molar-refractivity contribution < 1.29 is 29.0 Å². The second-order valence-corrected chi connectivity index (χ2v) is 13.9. The lowest BCUT2D eigenvalue weighted by Crippen LogP contribution is -2.49. The predicted molar refractivity (Wildman–Crippen MR) is 170 cm³/mol. The zero-order chi connectivity index (χ0) is 31.1. The van der Waals surface area contributed by atoms with E-state index in [0.29, 0.717) is 27.8 Å². The van der Waals surface area contributed by atoms with E-state index in [1.54, 1.807) is 67.6 Å². The molecule has 0 aromatic heterocycles. The van der Waals surface area contributed by atoms with E-state index in [0.717, 1.165) is 10.0 Å². The van der Waals surface area contributed by atoms with Crippen molar-refractivity contribution in [2.75, 3.05) is 16.9 Å². The van der Waals surface area contributed by atoms with E-state index in [2.05, 4.69) is 31.9 Å². The third-order valence-electron chi connectivity index (χ3n) is 9.97. The van der Waals surface area contributed by atoms with Crippen LogP contribution in [0.5, 0.6) is 11.5 Å². The van der Waals surface area contributed by atoms with Gasteiger partial charge >= 0.3 is 0 Å². The predicted octanol–water partition coefficient (Wildman–Crippen LogP) is 6.36. The number of hydrogen-bond acceptors (Lipinski definition) is 6. The summed E-state index contributed by atoms with van der Waals surface area (Å²) < 4.78 is 6.93. The monoisotopic (exact) mass is 718 g/mol. The van der Waals surface area contributed by atoms with Gasteiger partial charge in [-0.15, -0.1) is 0 Å². The molecule has 0 bridgehead atoms. The molecule has 4 aliphatic rings. The Morgan fingerprint density at radius 1 is 0.841 bits per heavy atom. The number of aromatic hydroxyl groups is 1. The van der Waals surface area contributed by atoms with Crippen LogP contribution in [0.1, 0.15) is 31.2 Å². The molecule has 224 valence electrons. The van der Waals surface area contributed by atoms with Crippen LogP contribution in [0.4, 0.5) is 11.4 Å². The summed E-state index contributed by atoms with van der Waals surface area (Å²) in [4.78, 5) is 59.2. The highest BCUT2D eigenvalue weighted by Gasteiger charge is 2.68. The molecule has 8 nitrogen and oxygen atoms in total. The Balaban J connectivity index is 1.40. The van der Waals surface area contributed by atoms with Crippen LogP contribution in [0.25, 0.3) is 0 Å². The number of imide groups is 2. The number of para-hydroxylation sites is 1. The molecule has 2 aliphatic heterocycles. The maximum absolute atomic E-state index is 14.5. The quantitative estimate of drug-likeness (QED) is 0.249. The van der Waals surface area contributed by atoms with Gasteiger partial charge < -0.3 is 9.84 Å². The second kappa shape index (κ2) is 10.4. The highest BCUT2D eigenvalue weighted by molar-refractivity contribution is 9.10. The zero-order valence-electron chi connectivity index (χ0n) is 23.9. The van der Waals surface area contributed by atoms with Gasteiger partial charge in [-0.1, -0.05) is 61.7 Å². The SMILES string of the molecule is COc1cc(Br)cc([C@H]2C3=CC[C@@H]4C(=O)N(c5ccc(Br)cc5)C(=O)[C@@H]4[C@@H]3C[C@H]3C(=O)N(c4ccccc4)C(=O)[C@@]23C)c1O. The number of phenols is 1.